The van der Waals surface area contributed by atoms with Crippen LogP contribution < -0.4 is 0 Å². The Kier molecular flexibility index (Phi) is 11.4. The molecule has 0 N–H and O–H groups in total. The van der Waals surface area contributed by atoms with Gasteiger partial charge in [-0.2, -0.15) is 13.2 Å². The monoisotopic (exact) mass is 518 g/mol. The second-order valence-electron chi connectivity index (χ2n) is 7.80. The highest BCUT2D eigenvalue weighted by Gasteiger charge is 2.59. The Morgan fingerprint density at radius 3 is 2.28 bits per heavy atom. The van der Waals surface area contributed by atoms with Crippen molar-refractivity contribution < 1.29 is 32.1 Å². The number of rotatable bonds is 10. The summed E-state index contributed by atoms with van der Waals surface area (Å²) in [5.41, 5.74) is -0.633. The lowest BCUT2D eigenvalue weighted by Crippen LogP contribution is -2.63. The number of hydrogen-bond acceptors (Lipinski definition) is 9. The number of fused-ring (bicyclic) bond motifs is 1. The van der Waals surface area contributed by atoms with Gasteiger partial charge < -0.3 is 23.8 Å². The lowest BCUT2D eigenvalue weighted by Gasteiger charge is -2.45. The van der Waals surface area contributed by atoms with Crippen molar-refractivity contribution in [2.75, 3.05) is 33.6 Å². The van der Waals surface area contributed by atoms with E-state index in [4.69, 9.17) is 36.2 Å². The van der Waals surface area contributed by atoms with Gasteiger partial charge in [0.25, 0.3) is 0 Å². The van der Waals surface area contributed by atoms with Crippen LogP contribution in [-0.4, -0.2) is 90.1 Å². The van der Waals surface area contributed by atoms with Crippen LogP contribution in [0.2, 0.25) is 0 Å². The molecule has 0 amide bonds. The lowest BCUT2D eigenvalue weighted by molar-refractivity contribution is -0.276. The first-order chi connectivity index (χ1) is 15.1. The van der Waals surface area contributed by atoms with Crippen molar-refractivity contribution in [2.24, 2.45) is 4.99 Å². The Labute approximate surface area is 202 Å². The van der Waals surface area contributed by atoms with E-state index in [1.807, 2.05) is 32.8 Å². The second-order valence-corrected chi connectivity index (χ2v) is 10.3. The molecule has 0 bridgehead atoms. The highest BCUT2D eigenvalue weighted by atomic mass is 32.2. The Balaban J connectivity index is 2.42. The largest absolute Gasteiger partial charge is 0.463 e. The molecule has 32 heavy (non-hydrogen) atoms. The summed E-state index contributed by atoms with van der Waals surface area (Å²) in [4.78, 5) is 6.52. The SMILES string of the molecule is CCCCO[C@@H]1[C@H]2N=C(N(C)C)S[C@H]2O[C@H](C(OC(=S)SC)C(F)(F)F)[C@H]1OCCCC. The molecule has 0 radical (unpaired) electrons. The number of ether oxygens (including phenoxy) is 4. The van der Waals surface area contributed by atoms with Crippen LogP contribution in [0.1, 0.15) is 39.5 Å². The molecule has 12 heteroatoms. The van der Waals surface area contributed by atoms with E-state index in [0.717, 1.165) is 31.0 Å². The van der Waals surface area contributed by atoms with Crippen LogP contribution in [-0.2, 0) is 18.9 Å². The molecule has 0 aromatic carbocycles. The average molecular weight is 519 g/mol. The van der Waals surface area contributed by atoms with Gasteiger partial charge in [0, 0.05) is 27.3 Å². The maximum Gasteiger partial charge on any atom is 0.428 e. The van der Waals surface area contributed by atoms with Crippen molar-refractivity contribution in [1.82, 2.24) is 4.90 Å². The summed E-state index contributed by atoms with van der Waals surface area (Å²) in [6.45, 7) is 4.71. The number of halogens is 3. The molecule has 1 fully saturated rings. The first-order valence-electron chi connectivity index (χ1n) is 10.8. The number of aliphatic imine (C=N–C) groups is 1. The van der Waals surface area contributed by atoms with Gasteiger partial charge in [0.1, 0.15) is 29.8 Å². The summed E-state index contributed by atoms with van der Waals surface area (Å²) in [6.07, 6.45) is -5.28. The summed E-state index contributed by atoms with van der Waals surface area (Å²) in [7, 11) is 3.67. The zero-order valence-corrected chi connectivity index (χ0v) is 21.5. The minimum absolute atomic E-state index is 0.196. The number of thiocarbonyl (C=S) groups is 1. The predicted octanol–water partition coefficient (Wildman–Crippen LogP) is 4.71. The molecule has 1 unspecified atom stereocenters. The van der Waals surface area contributed by atoms with E-state index in [1.165, 1.54) is 11.8 Å². The van der Waals surface area contributed by atoms with Gasteiger partial charge in [0.2, 0.25) is 10.5 Å². The van der Waals surface area contributed by atoms with Gasteiger partial charge in [-0.05, 0) is 31.3 Å². The van der Waals surface area contributed by atoms with Crippen LogP contribution >= 0.6 is 35.7 Å². The van der Waals surface area contributed by atoms with E-state index in [1.54, 1.807) is 6.26 Å². The van der Waals surface area contributed by atoms with Crippen molar-refractivity contribution in [3.63, 3.8) is 0 Å². The summed E-state index contributed by atoms with van der Waals surface area (Å²) >= 11 is 7.19. The molecule has 0 saturated carbocycles. The molecule has 186 valence electrons. The molecule has 0 aromatic heterocycles. The third-order valence-corrected chi connectivity index (χ3v) is 7.37. The van der Waals surface area contributed by atoms with Gasteiger partial charge in [-0.3, -0.25) is 4.99 Å². The minimum atomic E-state index is -4.70. The quantitative estimate of drug-likeness (QED) is 0.305. The van der Waals surface area contributed by atoms with Gasteiger partial charge in [0.15, 0.2) is 5.17 Å². The zero-order chi connectivity index (χ0) is 23.9. The molecule has 2 rings (SSSR count). The minimum Gasteiger partial charge on any atom is -0.463 e. The van der Waals surface area contributed by atoms with Crippen LogP contribution in [0, 0.1) is 0 Å². The molecule has 0 aromatic rings. The second kappa shape index (κ2) is 13.0. The van der Waals surface area contributed by atoms with E-state index in [0.29, 0.717) is 24.8 Å². The fraction of sp³-hybridized carbons (Fsp3) is 0.900. The molecule has 0 aliphatic carbocycles. The van der Waals surface area contributed by atoms with E-state index < -0.39 is 42.1 Å². The third kappa shape index (κ3) is 7.36. The van der Waals surface area contributed by atoms with Crippen molar-refractivity contribution in [3.05, 3.63) is 0 Å². The zero-order valence-electron chi connectivity index (χ0n) is 19.1. The Morgan fingerprint density at radius 1 is 1.19 bits per heavy atom. The molecule has 6 atom stereocenters. The van der Waals surface area contributed by atoms with Crippen molar-refractivity contribution >= 4 is 45.3 Å². The Morgan fingerprint density at radius 2 is 1.78 bits per heavy atom. The molecule has 1 saturated heterocycles. The fourth-order valence-electron chi connectivity index (χ4n) is 3.39. The summed E-state index contributed by atoms with van der Waals surface area (Å²) < 4.78 is 65.5. The first kappa shape index (κ1) is 28.0. The summed E-state index contributed by atoms with van der Waals surface area (Å²) in [6, 6.07) is -0.474. The summed E-state index contributed by atoms with van der Waals surface area (Å²) in [5, 5.41) is 0.682. The van der Waals surface area contributed by atoms with Gasteiger partial charge >= 0.3 is 6.18 Å². The van der Waals surface area contributed by atoms with Crippen molar-refractivity contribution in [1.29, 1.82) is 0 Å². The fourth-order valence-corrected chi connectivity index (χ4v) is 4.83. The maximum atomic E-state index is 14.1. The van der Waals surface area contributed by atoms with Crippen LogP contribution in [0.25, 0.3) is 0 Å². The number of thioether (sulfide) groups is 2. The topological polar surface area (TPSA) is 52.5 Å². The van der Waals surface area contributed by atoms with Gasteiger partial charge in [0.05, 0.1) is 0 Å². The molecule has 2 heterocycles. The number of alkyl halides is 3. The Bertz CT molecular complexity index is 640. The van der Waals surface area contributed by atoms with Crippen molar-refractivity contribution in [3.8, 4) is 0 Å². The highest BCUT2D eigenvalue weighted by molar-refractivity contribution is 8.22. The molecular weight excluding hydrogens is 485 g/mol. The molecule has 0 spiro atoms. The molecule has 2 aliphatic rings. The van der Waals surface area contributed by atoms with Crippen LogP contribution in [0.4, 0.5) is 13.2 Å². The first-order valence-corrected chi connectivity index (χ1v) is 13.3. The van der Waals surface area contributed by atoms with Crippen LogP contribution in [0.15, 0.2) is 4.99 Å². The average Bonchev–Trinajstić information content (AvgIpc) is 3.16. The van der Waals surface area contributed by atoms with Gasteiger partial charge in [-0.25, -0.2) is 0 Å². The maximum absolute atomic E-state index is 14.1. The third-order valence-electron chi connectivity index (χ3n) is 5.05. The molecule has 2 aliphatic heterocycles. The number of amidine groups is 1. The standard InChI is InChI=1S/C20H33F3N2O4S3/c1-6-8-10-26-13-12-17(32-18(24-12)25(3)4)28-15(14(13)27-11-9-7-2)16(20(21,22)23)29-19(30)31-5/h12-17H,6-11H2,1-5H3/t12-,13-,14+,15+,16?,17-/m1/s1. The Hall–Kier alpha value is -0.270. The van der Waals surface area contributed by atoms with Crippen molar-refractivity contribution in [2.45, 2.75) is 81.6 Å². The van der Waals surface area contributed by atoms with Crippen LogP contribution in [0.3, 0.4) is 0 Å². The lowest BCUT2D eigenvalue weighted by atomic mass is 9.93. The van der Waals surface area contributed by atoms with Gasteiger partial charge in [-0.15, -0.1) is 0 Å². The number of unbranched alkanes of at least 4 members (excludes halogenated alkanes) is 2. The number of hydrogen-bond donors (Lipinski definition) is 0. The normalized spacial score (nSPS) is 28.8. The van der Waals surface area contributed by atoms with E-state index in [2.05, 4.69) is 0 Å². The molecule has 6 nitrogen and oxygen atoms in total. The molecular formula is C20H33F3N2O4S3. The summed E-state index contributed by atoms with van der Waals surface area (Å²) in [5.74, 6) is 0. The smallest absolute Gasteiger partial charge is 0.428 e. The van der Waals surface area contributed by atoms with E-state index in [-0.39, 0.29) is 4.38 Å². The van der Waals surface area contributed by atoms with Crippen LogP contribution in [0.5, 0.6) is 0 Å². The van der Waals surface area contributed by atoms with E-state index >= 15 is 0 Å². The van der Waals surface area contributed by atoms with Gasteiger partial charge in [-0.1, -0.05) is 50.2 Å². The van der Waals surface area contributed by atoms with E-state index in [9.17, 15) is 13.2 Å². The highest BCUT2D eigenvalue weighted by Crippen LogP contribution is 2.43. The predicted molar refractivity (Wildman–Crippen MR) is 127 cm³/mol. The number of nitrogens with zero attached hydrogens (tertiary/aromatic N) is 2.